The molecule has 0 unspecified atom stereocenters. The van der Waals surface area contributed by atoms with E-state index < -0.39 is 11.7 Å². The first kappa shape index (κ1) is 22.9. The van der Waals surface area contributed by atoms with E-state index in [-0.39, 0.29) is 0 Å². The van der Waals surface area contributed by atoms with Crippen LogP contribution >= 0.6 is 23.2 Å². The van der Waals surface area contributed by atoms with Gasteiger partial charge in [0.05, 0.1) is 21.4 Å². The van der Waals surface area contributed by atoms with Crippen LogP contribution in [0.15, 0.2) is 36.4 Å². The minimum absolute atomic E-state index is 0.356. The van der Waals surface area contributed by atoms with Crippen LogP contribution in [-0.4, -0.2) is 11.7 Å². The highest BCUT2D eigenvalue weighted by Gasteiger charge is 2.15. The number of carbonyl (C=O) groups is 1. The first-order chi connectivity index (χ1) is 12.5. The van der Waals surface area contributed by atoms with Crippen molar-refractivity contribution in [3.05, 3.63) is 57.6 Å². The van der Waals surface area contributed by atoms with Gasteiger partial charge in [-0.15, -0.1) is 0 Å². The maximum Gasteiger partial charge on any atom is 0.407 e. The van der Waals surface area contributed by atoms with Crippen molar-refractivity contribution in [1.82, 2.24) is 5.32 Å². The number of amides is 1. The number of anilines is 2. The van der Waals surface area contributed by atoms with Gasteiger partial charge in [-0.1, -0.05) is 35.3 Å². The van der Waals surface area contributed by atoms with E-state index in [1.54, 1.807) is 30.3 Å². The molecule has 2 aromatic rings. The number of carbonyl (C=O) groups excluding carboxylic acids is 1. The minimum Gasteiger partial charge on any atom is -0.444 e. The van der Waals surface area contributed by atoms with E-state index in [0.29, 0.717) is 34.5 Å². The highest BCUT2D eigenvalue weighted by molar-refractivity contribution is 6.33. The summed E-state index contributed by atoms with van der Waals surface area (Å²) in [4.78, 5) is 11.4. The van der Waals surface area contributed by atoms with Gasteiger partial charge in [0.1, 0.15) is 5.60 Å². The molecule has 0 atom stereocenters. The molecule has 148 valence electrons. The molecule has 0 heterocycles. The lowest BCUT2D eigenvalue weighted by atomic mass is 10.2. The Morgan fingerprint density at radius 1 is 1.00 bits per heavy atom. The van der Waals surface area contributed by atoms with Crippen LogP contribution in [0.2, 0.25) is 10.0 Å². The molecule has 2 rings (SSSR count). The Kier molecular flexibility index (Phi) is 8.69. The predicted octanol–water partition coefficient (Wildman–Crippen LogP) is 4.33. The number of rotatable bonds is 3. The number of halogens is 2. The Balaban J connectivity index is 0.000000309. The van der Waals surface area contributed by atoms with Gasteiger partial charge in [-0.3, -0.25) is 0 Å². The van der Waals surface area contributed by atoms with Crippen LogP contribution in [0.1, 0.15) is 31.9 Å². The van der Waals surface area contributed by atoms with Crippen molar-refractivity contribution in [2.45, 2.75) is 39.5 Å². The van der Waals surface area contributed by atoms with Crippen molar-refractivity contribution in [1.29, 1.82) is 0 Å². The average molecular weight is 413 g/mol. The Hall–Kier alpha value is -2.15. The largest absolute Gasteiger partial charge is 0.444 e. The molecular weight excluding hydrogens is 387 g/mol. The molecular formula is C19H26Cl2N4O2. The molecule has 0 bridgehead atoms. The highest BCUT2D eigenvalue weighted by Crippen LogP contribution is 2.20. The molecule has 6 nitrogen and oxygen atoms in total. The first-order valence-electron chi connectivity index (χ1n) is 8.26. The second-order valence-corrected chi connectivity index (χ2v) is 7.59. The summed E-state index contributed by atoms with van der Waals surface area (Å²) < 4.78 is 5.11. The third-order valence-electron chi connectivity index (χ3n) is 3.20. The van der Waals surface area contributed by atoms with E-state index in [0.717, 1.165) is 11.1 Å². The molecule has 0 aromatic heterocycles. The van der Waals surface area contributed by atoms with Gasteiger partial charge in [-0.25, -0.2) is 4.79 Å². The van der Waals surface area contributed by atoms with Crippen molar-refractivity contribution in [3.63, 3.8) is 0 Å². The van der Waals surface area contributed by atoms with Gasteiger partial charge in [0, 0.05) is 13.1 Å². The first-order valence-corrected chi connectivity index (χ1v) is 9.02. The monoisotopic (exact) mass is 412 g/mol. The molecule has 0 saturated carbocycles. The smallest absolute Gasteiger partial charge is 0.407 e. The van der Waals surface area contributed by atoms with Crippen molar-refractivity contribution >= 4 is 40.7 Å². The summed E-state index contributed by atoms with van der Waals surface area (Å²) in [6.07, 6.45) is -0.453. The molecule has 0 aliphatic carbocycles. The lowest BCUT2D eigenvalue weighted by Crippen LogP contribution is -2.32. The molecule has 0 saturated heterocycles. The molecule has 7 N–H and O–H groups in total. The van der Waals surface area contributed by atoms with Crippen LogP contribution in [0.4, 0.5) is 16.2 Å². The van der Waals surface area contributed by atoms with Crippen LogP contribution in [0, 0.1) is 0 Å². The van der Waals surface area contributed by atoms with Gasteiger partial charge in [0.25, 0.3) is 0 Å². The summed E-state index contributed by atoms with van der Waals surface area (Å²) in [5.41, 5.74) is 18.9. The Labute approximate surface area is 170 Å². The van der Waals surface area contributed by atoms with Gasteiger partial charge in [-0.2, -0.15) is 0 Å². The second-order valence-electron chi connectivity index (χ2n) is 6.77. The van der Waals surface area contributed by atoms with E-state index in [1.165, 1.54) is 0 Å². The summed E-state index contributed by atoms with van der Waals surface area (Å²) in [5.74, 6) is 0. The fourth-order valence-corrected chi connectivity index (χ4v) is 2.27. The third-order valence-corrected chi connectivity index (χ3v) is 3.86. The van der Waals surface area contributed by atoms with Crippen molar-refractivity contribution in [2.75, 3.05) is 11.5 Å². The standard InChI is InChI=1S/C12H17ClN2O2.C7H9ClN2/c1-12(2,3)17-11(16)15-7-8-4-5-10(14)9(13)6-8;8-6-3-5(4-9)1-2-7(6)10/h4-6H,7,14H2,1-3H3,(H,15,16);1-3H,4,9-10H2. The second kappa shape index (κ2) is 10.3. The number of nitrogens with two attached hydrogens (primary N) is 3. The predicted molar refractivity (Wildman–Crippen MR) is 113 cm³/mol. The highest BCUT2D eigenvalue weighted by atomic mass is 35.5. The van der Waals surface area contributed by atoms with Gasteiger partial charge in [0.15, 0.2) is 0 Å². The lowest BCUT2D eigenvalue weighted by molar-refractivity contribution is 0.0523. The summed E-state index contributed by atoms with van der Waals surface area (Å²) in [6, 6.07) is 10.6. The van der Waals surface area contributed by atoms with Crippen LogP contribution in [0.25, 0.3) is 0 Å². The van der Waals surface area contributed by atoms with Gasteiger partial charge < -0.3 is 27.3 Å². The molecule has 0 fully saturated rings. The molecule has 0 spiro atoms. The van der Waals surface area contributed by atoms with E-state index >= 15 is 0 Å². The third kappa shape index (κ3) is 8.86. The molecule has 0 aliphatic rings. The van der Waals surface area contributed by atoms with Crippen LogP contribution in [-0.2, 0) is 17.8 Å². The van der Waals surface area contributed by atoms with E-state index in [1.807, 2.05) is 26.8 Å². The topological polar surface area (TPSA) is 116 Å². The van der Waals surface area contributed by atoms with Gasteiger partial charge >= 0.3 is 6.09 Å². The maximum atomic E-state index is 11.4. The lowest BCUT2D eigenvalue weighted by Gasteiger charge is -2.19. The van der Waals surface area contributed by atoms with E-state index in [2.05, 4.69) is 5.32 Å². The zero-order chi connectivity index (χ0) is 20.6. The van der Waals surface area contributed by atoms with Crippen molar-refractivity contribution in [2.24, 2.45) is 5.73 Å². The summed E-state index contributed by atoms with van der Waals surface area (Å²) in [6.45, 7) is 6.29. The maximum absolute atomic E-state index is 11.4. The normalized spacial score (nSPS) is 10.6. The quantitative estimate of drug-likeness (QED) is 0.559. The number of alkyl carbamates (subject to hydrolysis) is 1. The van der Waals surface area contributed by atoms with Crippen molar-refractivity contribution < 1.29 is 9.53 Å². The fraction of sp³-hybridized carbons (Fsp3) is 0.316. The number of ether oxygens (including phenoxy) is 1. The summed E-state index contributed by atoms with van der Waals surface area (Å²) >= 11 is 11.6. The zero-order valence-corrected chi connectivity index (χ0v) is 17.2. The molecule has 8 heteroatoms. The summed E-state index contributed by atoms with van der Waals surface area (Å²) in [7, 11) is 0. The Morgan fingerprint density at radius 2 is 1.48 bits per heavy atom. The Bertz CT molecular complexity index is 777. The SMILES string of the molecule is CC(C)(C)OC(=O)NCc1ccc(N)c(Cl)c1.NCc1ccc(N)c(Cl)c1. The van der Waals surface area contributed by atoms with E-state index in [4.69, 9.17) is 45.1 Å². The average Bonchev–Trinajstić information content (AvgIpc) is 2.57. The molecule has 1 amide bonds. The zero-order valence-electron chi connectivity index (χ0n) is 15.7. The fourth-order valence-electron chi connectivity index (χ4n) is 1.87. The minimum atomic E-state index is -0.497. The molecule has 27 heavy (non-hydrogen) atoms. The number of hydrogen-bond donors (Lipinski definition) is 4. The number of nitrogens with one attached hydrogen (secondary N) is 1. The van der Waals surface area contributed by atoms with Gasteiger partial charge in [-0.05, 0) is 56.2 Å². The van der Waals surface area contributed by atoms with Crippen LogP contribution in [0.5, 0.6) is 0 Å². The number of nitrogen functional groups attached to an aromatic ring is 2. The number of hydrogen-bond acceptors (Lipinski definition) is 5. The number of benzene rings is 2. The Morgan fingerprint density at radius 3 is 1.93 bits per heavy atom. The summed E-state index contributed by atoms with van der Waals surface area (Å²) in [5, 5.41) is 3.69. The molecule has 0 aliphatic heterocycles. The van der Waals surface area contributed by atoms with E-state index in [9.17, 15) is 4.79 Å². The van der Waals surface area contributed by atoms with Gasteiger partial charge in [0.2, 0.25) is 0 Å². The molecule has 0 radical (unpaired) electrons. The van der Waals surface area contributed by atoms with Crippen LogP contribution < -0.4 is 22.5 Å². The van der Waals surface area contributed by atoms with Crippen molar-refractivity contribution in [3.8, 4) is 0 Å². The van der Waals surface area contributed by atoms with Crippen LogP contribution in [0.3, 0.4) is 0 Å². The molecule has 2 aromatic carbocycles.